The van der Waals surface area contributed by atoms with E-state index in [1.54, 1.807) is 0 Å². The Bertz CT molecular complexity index is 261. The fourth-order valence-electron chi connectivity index (χ4n) is 1.89. The number of aliphatic carboxylic acids is 1. The first-order valence-electron chi connectivity index (χ1n) is 5.42. The van der Waals surface area contributed by atoms with Gasteiger partial charge in [0.05, 0.1) is 0 Å². The molecule has 0 saturated heterocycles. The Hall–Kier alpha value is -1.12. The first-order valence-corrected chi connectivity index (χ1v) is 5.42. The molecular weight excluding hydrogens is 192 g/mol. The van der Waals surface area contributed by atoms with Crippen molar-refractivity contribution in [2.24, 2.45) is 5.92 Å². The Morgan fingerprint density at radius 1 is 1.27 bits per heavy atom. The number of hydrogen-bond donors (Lipinski definition) is 1. The van der Waals surface area contributed by atoms with Crippen molar-refractivity contribution in [1.82, 2.24) is 0 Å². The van der Waals surface area contributed by atoms with E-state index in [4.69, 9.17) is 5.11 Å². The van der Waals surface area contributed by atoms with Crippen molar-refractivity contribution in [3.63, 3.8) is 0 Å². The van der Waals surface area contributed by atoms with Crippen LogP contribution < -0.4 is 0 Å². The van der Waals surface area contributed by atoms with Crippen LogP contribution in [0.25, 0.3) is 0 Å². The van der Waals surface area contributed by atoms with Crippen LogP contribution in [0.5, 0.6) is 0 Å². The lowest BCUT2D eigenvalue weighted by Gasteiger charge is -2.16. The van der Waals surface area contributed by atoms with Crippen LogP contribution in [-0.4, -0.2) is 16.9 Å². The summed E-state index contributed by atoms with van der Waals surface area (Å²) in [6.45, 7) is 7.25. The van der Waals surface area contributed by atoms with Gasteiger partial charge in [0.1, 0.15) is 5.57 Å². The number of Topliss-reactive ketones (excluding diaryl/α,β-unsaturated/α-hetero) is 1. The maximum Gasteiger partial charge on any atom is 0.339 e. The molecule has 0 radical (unpaired) electrons. The minimum absolute atomic E-state index is 0.0153. The fraction of sp³-hybridized carbons (Fsp3) is 0.667. The lowest BCUT2D eigenvalue weighted by molar-refractivity contribution is -0.134. The summed E-state index contributed by atoms with van der Waals surface area (Å²) < 4.78 is 0. The second kappa shape index (κ2) is 6.38. The minimum atomic E-state index is -1.10. The number of carbonyl (C=O) groups is 2. The Labute approximate surface area is 91.2 Å². The molecule has 0 fully saturated rings. The number of carboxylic acid groups (broad SMARTS) is 1. The van der Waals surface area contributed by atoms with Gasteiger partial charge in [-0.1, -0.05) is 27.2 Å². The normalized spacial score (nSPS) is 14.4. The van der Waals surface area contributed by atoms with E-state index in [0.717, 1.165) is 18.4 Å². The molecule has 86 valence electrons. The number of ketones is 1. The Kier molecular flexibility index (Phi) is 5.90. The monoisotopic (exact) mass is 212 g/mol. The average Bonchev–Trinajstić information content (AvgIpc) is 2.12. The van der Waals surface area contributed by atoms with E-state index in [0.29, 0.717) is 6.42 Å². The van der Waals surface area contributed by atoms with Crippen LogP contribution in [-0.2, 0) is 9.59 Å². The van der Waals surface area contributed by atoms with Crippen LogP contribution in [0.3, 0.4) is 0 Å². The van der Waals surface area contributed by atoms with Gasteiger partial charge in [-0.2, -0.15) is 0 Å². The summed E-state index contributed by atoms with van der Waals surface area (Å²) in [5.74, 6) is -1.26. The molecular formula is C12H20O3. The topological polar surface area (TPSA) is 54.4 Å². The second-order valence-corrected chi connectivity index (χ2v) is 3.80. The van der Waals surface area contributed by atoms with Gasteiger partial charge in [0, 0.05) is 0 Å². The molecule has 15 heavy (non-hydrogen) atoms. The summed E-state index contributed by atoms with van der Waals surface area (Å²) in [5, 5.41) is 8.98. The standard InChI is InChI=1S/C12H20O3/c1-5-7-8(3)10(6-2)11(9(4)13)12(14)15/h8H,5-7H2,1-4H3,(H,14,15). The average molecular weight is 212 g/mol. The van der Waals surface area contributed by atoms with E-state index < -0.39 is 5.97 Å². The molecule has 0 bridgehead atoms. The molecule has 1 N–H and O–H groups in total. The molecule has 0 aromatic carbocycles. The summed E-state index contributed by atoms with van der Waals surface area (Å²) in [5.41, 5.74) is 0.760. The number of allylic oxidation sites excluding steroid dienone is 1. The van der Waals surface area contributed by atoms with Crippen molar-refractivity contribution < 1.29 is 14.7 Å². The van der Waals surface area contributed by atoms with Crippen molar-refractivity contribution in [1.29, 1.82) is 0 Å². The van der Waals surface area contributed by atoms with Crippen LogP contribution in [0, 0.1) is 5.92 Å². The Morgan fingerprint density at radius 2 is 1.80 bits per heavy atom. The van der Waals surface area contributed by atoms with Crippen molar-refractivity contribution >= 4 is 11.8 Å². The van der Waals surface area contributed by atoms with Crippen molar-refractivity contribution in [3.8, 4) is 0 Å². The quantitative estimate of drug-likeness (QED) is 0.418. The van der Waals surface area contributed by atoms with Crippen molar-refractivity contribution in [2.45, 2.75) is 47.0 Å². The highest BCUT2D eigenvalue weighted by Gasteiger charge is 2.21. The molecule has 0 heterocycles. The predicted octanol–water partition coefficient (Wildman–Crippen LogP) is 2.80. The number of carboxylic acids is 1. The lowest BCUT2D eigenvalue weighted by atomic mass is 9.89. The molecule has 0 amide bonds. The summed E-state index contributed by atoms with van der Waals surface area (Å²) >= 11 is 0. The largest absolute Gasteiger partial charge is 0.478 e. The van der Waals surface area contributed by atoms with E-state index in [9.17, 15) is 9.59 Å². The minimum Gasteiger partial charge on any atom is -0.478 e. The van der Waals surface area contributed by atoms with Crippen molar-refractivity contribution in [3.05, 3.63) is 11.1 Å². The maximum atomic E-state index is 11.3. The van der Waals surface area contributed by atoms with Gasteiger partial charge in [0.2, 0.25) is 0 Å². The molecule has 0 saturated carbocycles. The first kappa shape index (κ1) is 13.9. The third-order valence-corrected chi connectivity index (χ3v) is 2.58. The number of rotatable bonds is 6. The zero-order chi connectivity index (χ0) is 12.0. The van der Waals surface area contributed by atoms with Crippen LogP contribution in [0.15, 0.2) is 11.1 Å². The number of hydrogen-bond acceptors (Lipinski definition) is 2. The molecule has 0 spiro atoms. The molecule has 3 heteroatoms. The highest BCUT2D eigenvalue weighted by atomic mass is 16.4. The van der Waals surface area contributed by atoms with Gasteiger partial charge in [-0.25, -0.2) is 4.79 Å². The van der Waals surface area contributed by atoms with E-state index in [1.165, 1.54) is 6.92 Å². The van der Waals surface area contributed by atoms with Gasteiger partial charge in [-0.05, 0) is 31.3 Å². The van der Waals surface area contributed by atoms with E-state index in [2.05, 4.69) is 6.92 Å². The van der Waals surface area contributed by atoms with Crippen molar-refractivity contribution in [2.75, 3.05) is 0 Å². The summed E-state index contributed by atoms with van der Waals surface area (Å²) in [4.78, 5) is 22.2. The molecule has 0 aliphatic carbocycles. The maximum absolute atomic E-state index is 11.3. The molecule has 0 aliphatic rings. The molecule has 3 nitrogen and oxygen atoms in total. The van der Waals surface area contributed by atoms with Crippen LogP contribution in [0.4, 0.5) is 0 Å². The van der Waals surface area contributed by atoms with E-state index >= 15 is 0 Å². The molecule has 0 aliphatic heterocycles. The van der Waals surface area contributed by atoms with Gasteiger partial charge >= 0.3 is 5.97 Å². The predicted molar refractivity (Wildman–Crippen MR) is 59.7 cm³/mol. The Balaban J connectivity index is 5.22. The van der Waals surface area contributed by atoms with Crippen LogP contribution in [0.2, 0.25) is 0 Å². The van der Waals surface area contributed by atoms with Crippen LogP contribution >= 0.6 is 0 Å². The zero-order valence-electron chi connectivity index (χ0n) is 9.96. The molecule has 0 rings (SSSR count). The van der Waals surface area contributed by atoms with Gasteiger partial charge in [0.25, 0.3) is 0 Å². The van der Waals surface area contributed by atoms with Crippen LogP contribution in [0.1, 0.15) is 47.0 Å². The number of carbonyl (C=O) groups excluding carboxylic acids is 1. The highest BCUT2D eigenvalue weighted by Crippen LogP contribution is 2.23. The smallest absolute Gasteiger partial charge is 0.339 e. The van der Waals surface area contributed by atoms with Gasteiger partial charge in [-0.15, -0.1) is 0 Å². The zero-order valence-corrected chi connectivity index (χ0v) is 9.96. The SMILES string of the molecule is CCCC(C)C(CC)=C(C(C)=O)C(=O)O. The molecule has 0 aromatic heterocycles. The molecule has 0 aromatic rings. The van der Waals surface area contributed by atoms with Gasteiger partial charge < -0.3 is 5.11 Å². The van der Waals surface area contributed by atoms with E-state index in [-0.39, 0.29) is 17.3 Å². The van der Waals surface area contributed by atoms with Gasteiger partial charge in [0.15, 0.2) is 5.78 Å². The summed E-state index contributed by atoms with van der Waals surface area (Å²) in [6, 6.07) is 0. The first-order chi connectivity index (χ1) is 6.95. The van der Waals surface area contributed by atoms with E-state index in [1.807, 2.05) is 13.8 Å². The molecule has 1 unspecified atom stereocenters. The fourth-order valence-corrected chi connectivity index (χ4v) is 1.89. The van der Waals surface area contributed by atoms with Gasteiger partial charge in [-0.3, -0.25) is 4.79 Å². The second-order valence-electron chi connectivity index (χ2n) is 3.80. The lowest BCUT2D eigenvalue weighted by Crippen LogP contribution is -2.15. The highest BCUT2D eigenvalue weighted by molar-refractivity contribution is 6.16. The third kappa shape index (κ3) is 3.86. The molecule has 1 atom stereocenters. The Morgan fingerprint density at radius 3 is 2.07 bits per heavy atom. The third-order valence-electron chi connectivity index (χ3n) is 2.58. The summed E-state index contributed by atoms with van der Waals surface area (Å²) in [6.07, 6.45) is 2.55. The summed E-state index contributed by atoms with van der Waals surface area (Å²) in [7, 11) is 0.